The molecule has 1 aromatic rings. The highest BCUT2D eigenvalue weighted by molar-refractivity contribution is 5.88. The van der Waals surface area contributed by atoms with Crippen LogP contribution in [0.5, 0.6) is 0 Å². The fourth-order valence-electron chi connectivity index (χ4n) is 1.89. The smallest absolute Gasteiger partial charge is 0.340 e. The predicted octanol–water partition coefficient (Wildman–Crippen LogP) is -0.562. The minimum absolute atomic E-state index is 0.0783. The Labute approximate surface area is 126 Å². The Morgan fingerprint density at radius 1 is 1.23 bits per heavy atom. The van der Waals surface area contributed by atoms with E-state index in [0.29, 0.717) is 0 Å². The topological polar surface area (TPSA) is 136 Å². The van der Waals surface area contributed by atoms with Crippen LogP contribution in [0.1, 0.15) is 39.4 Å². The maximum atomic E-state index is 12.4. The van der Waals surface area contributed by atoms with E-state index in [1.165, 1.54) is 6.92 Å². The van der Waals surface area contributed by atoms with Gasteiger partial charge < -0.3 is 14.8 Å². The molecule has 1 atom stereocenters. The van der Waals surface area contributed by atoms with Gasteiger partial charge >= 0.3 is 11.9 Å². The van der Waals surface area contributed by atoms with E-state index >= 15 is 0 Å². The second-order valence-corrected chi connectivity index (χ2v) is 4.35. The number of tetrazole rings is 1. The molecule has 1 aromatic heterocycles. The van der Waals surface area contributed by atoms with Crippen LogP contribution in [0.2, 0.25) is 0 Å². The number of aromatic nitrogens is 4. The number of rotatable bonds is 8. The van der Waals surface area contributed by atoms with Crippen molar-refractivity contribution in [2.75, 3.05) is 13.2 Å². The van der Waals surface area contributed by atoms with Crippen LogP contribution in [0, 0.1) is 0 Å². The van der Waals surface area contributed by atoms with Gasteiger partial charge in [0, 0.05) is 13.3 Å². The molecule has 0 saturated heterocycles. The summed E-state index contributed by atoms with van der Waals surface area (Å²) in [5.41, 5.74) is -1.69. The molecule has 2 N–H and O–H groups in total. The Kier molecular flexibility index (Phi) is 6.42. The van der Waals surface area contributed by atoms with Crippen molar-refractivity contribution in [1.82, 2.24) is 25.9 Å². The maximum Gasteiger partial charge on any atom is 0.340 e. The summed E-state index contributed by atoms with van der Waals surface area (Å²) in [6.45, 7) is 4.84. The van der Waals surface area contributed by atoms with Gasteiger partial charge in [0.1, 0.15) is 0 Å². The molecule has 0 aliphatic heterocycles. The number of amides is 1. The summed E-state index contributed by atoms with van der Waals surface area (Å²) in [6.07, 6.45) is -0.231. The van der Waals surface area contributed by atoms with Crippen LogP contribution in [0.4, 0.5) is 0 Å². The normalized spacial score (nSPS) is 13.0. The van der Waals surface area contributed by atoms with E-state index in [1.54, 1.807) is 13.8 Å². The zero-order valence-electron chi connectivity index (χ0n) is 12.7. The minimum Gasteiger partial charge on any atom is -0.466 e. The van der Waals surface area contributed by atoms with Crippen molar-refractivity contribution in [3.8, 4) is 0 Å². The first-order valence-corrected chi connectivity index (χ1v) is 6.81. The predicted molar refractivity (Wildman–Crippen MR) is 72.2 cm³/mol. The molecule has 0 bridgehead atoms. The Morgan fingerprint density at radius 2 is 1.91 bits per heavy atom. The van der Waals surface area contributed by atoms with E-state index < -0.39 is 23.4 Å². The lowest BCUT2D eigenvalue weighted by Gasteiger charge is -2.28. The summed E-state index contributed by atoms with van der Waals surface area (Å²) in [5, 5.41) is 15.6. The summed E-state index contributed by atoms with van der Waals surface area (Å²) in [6, 6.07) is 0. The van der Waals surface area contributed by atoms with Crippen LogP contribution < -0.4 is 5.32 Å². The molecule has 1 heterocycles. The third-order valence-electron chi connectivity index (χ3n) is 2.75. The number of H-pyrrole nitrogens is 1. The third-order valence-corrected chi connectivity index (χ3v) is 2.75. The van der Waals surface area contributed by atoms with Gasteiger partial charge in [-0.2, -0.15) is 5.21 Å². The van der Waals surface area contributed by atoms with E-state index in [9.17, 15) is 14.4 Å². The molecule has 0 saturated carbocycles. The van der Waals surface area contributed by atoms with E-state index in [4.69, 9.17) is 9.47 Å². The number of carbonyl (C=O) groups excluding carboxylic acids is 3. The van der Waals surface area contributed by atoms with Crippen LogP contribution >= 0.6 is 0 Å². The molecule has 10 nitrogen and oxygen atoms in total. The molecule has 10 heteroatoms. The van der Waals surface area contributed by atoms with E-state index in [0.717, 1.165) is 0 Å². The Morgan fingerprint density at radius 3 is 2.41 bits per heavy atom. The van der Waals surface area contributed by atoms with Gasteiger partial charge in [-0.25, -0.2) is 4.79 Å². The molecule has 122 valence electrons. The van der Waals surface area contributed by atoms with Crippen LogP contribution in [-0.2, 0) is 29.4 Å². The SMILES string of the molecule is CCOC(=O)CC[C@](NC(C)=O)(C(=O)OCC)c1nn[nH]n1. The van der Waals surface area contributed by atoms with Crippen molar-refractivity contribution < 1.29 is 23.9 Å². The second kappa shape index (κ2) is 8.05. The fourth-order valence-corrected chi connectivity index (χ4v) is 1.89. The molecular weight excluding hydrogens is 294 g/mol. The fraction of sp³-hybridized carbons (Fsp3) is 0.667. The summed E-state index contributed by atoms with van der Waals surface area (Å²) in [5.74, 6) is -1.85. The lowest BCUT2D eigenvalue weighted by atomic mass is 9.92. The number of hydrogen-bond donors (Lipinski definition) is 2. The highest BCUT2D eigenvalue weighted by Gasteiger charge is 2.47. The van der Waals surface area contributed by atoms with Gasteiger partial charge in [0.05, 0.1) is 13.2 Å². The summed E-state index contributed by atoms with van der Waals surface area (Å²) in [4.78, 5) is 35.4. The maximum absolute atomic E-state index is 12.4. The van der Waals surface area contributed by atoms with E-state index in [2.05, 4.69) is 25.9 Å². The number of nitrogens with zero attached hydrogens (tertiary/aromatic N) is 3. The minimum atomic E-state index is -1.69. The molecule has 1 amide bonds. The molecular formula is C12H19N5O5. The van der Waals surface area contributed by atoms with Gasteiger partial charge in [0.15, 0.2) is 0 Å². The average molecular weight is 313 g/mol. The van der Waals surface area contributed by atoms with Gasteiger partial charge in [-0.3, -0.25) is 9.59 Å². The third kappa shape index (κ3) is 4.24. The lowest BCUT2D eigenvalue weighted by molar-refractivity contribution is -0.155. The van der Waals surface area contributed by atoms with Gasteiger partial charge in [-0.15, -0.1) is 10.2 Å². The number of hydrogen-bond acceptors (Lipinski definition) is 8. The van der Waals surface area contributed by atoms with Gasteiger partial charge in [-0.05, 0) is 20.3 Å². The van der Waals surface area contributed by atoms with Crippen LogP contribution in [0.15, 0.2) is 0 Å². The van der Waals surface area contributed by atoms with Gasteiger partial charge in [-0.1, -0.05) is 5.21 Å². The standard InChI is InChI=1S/C12H19N5O5/c1-4-21-9(19)6-7-12(13-8(3)18,11(20)22-5-2)10-14-16-17-15-10/h4-7H2,1-3H3,(H,13,18)(H,14,15,16,17)/t12-/m1/s1. The van der Waals surface area contributed by atoms with E-state index in [-0.39, 0.29) is 31.9 Å². The largest absolute Gasteiger partial charge is 0.466 e. The molecule has 22 heavy (non-hydrogen) atoms. The number of aromatic amines is 1. The monoisotopic (exact) mass is 313 g/mol. The van der Waals surface area contributed by atoms with Crippen molar-refractivity contribution in [2.24, 2.45) is 0 Å². The zero-order valence-corrected chi connectivity index (χ0v) is 12.7. The Hall–Kier alpha value is -2.52. The molecule has 0 aromatic carbocycles. The molecule has 0 radical (unpaired) electrons. The number of carbonyl (C=O) groups is 3. The molecule has 0 unspecified atom stereocenters. The molecule has 1 rings (SSSR count). The summed E-state index contributed by atoms with van der Waals surface area (Å²) < 4.78 is 9.83. The highest BCUT2D eigenvalue weighted by atomic mass is 16.5. The number of nitrogens with one attached hydrogen (secondary N) is 2. The molecule has 0 aliphatic carbocycles. The number of esters is 2. The molecule has 0 spiro atoms. The van der Waals surface area contributed by atoms with Crippen molar-refractivity contribution in [2.45, 2.75) is 39.2 Å². The van der Waals surface area contributed by atoms with Crippen molar-refractivity contribution in [1.29, 1.82) is 0 Å². The van der Waals surface area contributed by atoms with Crippen molar-refractivity contribution >= 4 is 17.8 Å². The van der Waals surface area contributed by atoms with Crippen LogP contribution in [-0.4, -0.2) is 51.7 Å². The quantitative estimate of drug-likeness (QED) is 0.609. The average Bonchev–Trinajstić information content (AvgIpc) is 2.98. The van der Waals surface area contributed by atoms with Crippen molar-refractivity contribution in [3.63, 3.8) is 0 Å². The van der Waals surface area contributed by atoms with Gasteiger partial charge in [0.25, 0.3) is 0 Å². The lowest BCUT2D eigenvalue weighted by Crippen LogP contribution is -2.53. The highest BCUT2D eigenvalue weighted by Crippen LogP contribution is 2.25. The number of ether oxygens (including phenoxy) is 2. The van der Waals surface area contributed by atoms with Crippen LogP contribution in [0.25, 0.3) is 0 Å². The Bertz CT molecular complexity index is 518. The summed E-state index contributed by atoms with van der Waals surface area (Å²) >= 11 is 0. The zero-order chi connectivity index (χ0) is 16.6. The first-order chi connectivity index (χ1) is 10.5. The van der Waals surface area contributed by atoms with Gasteiger partial charge in [0.2, 0.25) is 17.3 Å². The molecule has 0 aliphatic rings. The van der Waals surface area contributed by atoms with E-state index in [1.807, 2.05) is 0 Å². The first kappa shape index (κ1) is 17.5. The molecule has 0 fully saturated rings. The van der Waals surface area contributed by atoms with Crippen LogP contribution in [0.3, 0.4) is 0 Å². The second-order valence-electron chi connectivity index (χ2n) is 4.35. The Balaban J connectivity index is 3.11. The summed E-state index contributed by atoms with van der Waals surface area (Å²) in [7, 11) is 0. The van der Waals surface area contributed by atoms with Crippen molar-refractivity contribution in [3.05, 3.63) is 5.82 Å². The first-order valence-electron chi connectivity index (χ1n) is 6.81.